The van der Waals surface area contributed by atoms with Gasteiger partial charge in [0, 0.05) is 0 Å². The average molecular weight is 130 g/mol. The summed E-state index contributed by atoms with van der Waals surface area (Å²) in [6.07, 6.45) is 1.38. The highest BCUT2D eigenvalue weighted by Crippen LogP contribution is 2.26. The number of hydrogen-bond donors (Lipinski definition) is 1. The molecule has 2 unspecified atom stereocenters. The molecule has 0 amide bonds. The van der Waals surface area contributed by atoms with Crippen molar-refractivity contribution in [2.24, 2.45) is 0 Å². The summed E-state index contributed by atoms with van der Waals surface area (Å²) in [5, 5.41) is 8.33. The number of epoxide rings is 1. The maximum absolute atomic E-state index is 10.1. The van der Waals surface area contributed by atoms with Crippen LogP contribution in [-0.2, 0) is 9.53 Å². The lowest BCUT2D eigenvalue weighted by Gasteiger charge is -1.83. The first-order valence-electron chi connectivity index (χ1n) is 3.14. The lowest BCUT2D eigenvalue weighted by Crippen LogP contribution is -2.07. The fraction of sp³-hybridized carbons (Fsp3) is 0.833. The first-order valence-corrected chi connectivity index (χ1v) is 3.14. The Hall–Kier alpha value is -0.570. The fourth-order valence-electron chi connectivity index (χ4n) is 0.864. The zero-order valence-electron chi connectivity index (χ0n) is 5.33. The number of carbonyl (C=O) groups is 1. The molecule has 3 nitrogen and oxygen atoms in total. The summed E-state index contributed by atoms with van der Waals surface area (Å²) in [5.74, 6) is -0.826. The molecule has 0 saturated carbocycles. The molecular formula is C6H10O3. The normalized spacial score (nSPS) is 32.1. The van der Waals surface area contributed by atoms with Gasteiger partial charge in [0.1, 0.15) is 0 Å². The van der Waals surface area contributed by atoms with E-state index in [0.717, 1.165) is 12.8 Å². The van der Waals surface area contributed by atoms with Crippen molar-refractivity contribution >= 4 is 5.97 Å². The van der Waals surface area contributed by atoms with E-state index in [-0.39, 0.29) is 6.10 Å². The molecule has 0 spiro atoms. The first kappa shape index (κ1) is 6.55. The van der Waals surface area contributed by atoms with Crippen LogP contribution >= 0.6 is 0 Å². The number of ether oxygens (including phenoxy) is 1. The van der Waals surface area contributed by atoms with Gasteiger partial charge in [-0.15, -0.1) is 0 Å². The van der Waals surface area contributed by atoms with E-state index in [9.17, 15) is 4.79 Å². The van der Waals surface area contributed by atoms with Gasteiger partial charge in [0.2, 0.25) is 0 Å². The van der Waals surface area contributed by atoms with E-state index in [1.165, 1.54) is 0 Å². The SMILES string of the molecule is CCCC1OC1C(=O)O. The van der Waals surface area contributed by atoms with Crippen LogP contribution in [0.1, 0.15) is 19.8 Å². The Morgan fingerprint density at radius 1 is 1.78 bits per heavy atom. The summed E-state index contributed by atoms with van der Waals surface area (Å²) in [7, 11) is 0. The Labute approximate surface area is 53.6 Å². The highest BCUT2D eigenvalue weighted by molar-refractivity contribution is 5.75. The number of carboxylic acids is 1. The monoisotopic (exact) mass is 130 g/mol. The Balaban J connectivity index is 2.17. The number of rotatable bonds is 3. The van der Waals surface area contributed by atoms with Gasteiger partial charge in [-0.2, -0.15) is 0 Å². The molecule has 0 bridgehead atoms. The molecule has 0 aliphatic carbocycles. The fourth-order valence-corrected chi connectivity index (χ4v) is 0.864. The molecule has 9 heavy (non-hydrogen) atoms. The minimum Gasteiger partial charge on any atom is -0.479 e. The van der Waals surface area contributed by atoms with Crippen LogP contribution in [0, 0.1) is 0 Å². The molecule has 1 fully saturated rings. The van der Waals surface area contributed by atoms with Crippen molar-refractivity contribution < 1.29 is 14.6 Å². The molecule has 2 atom stereocenters. The van der Waals surface area contributed by atoms with E-state index in [1.807, 2.05) is 6.92 Å². The molecule has 0 aromatic rings. The minimum absolute atomic E-state index is 0.00694. The molecule has 1 aliphatic rings. The van der Waals surface area contributed by atoms with Crippen molar-refractivity contribution in [2.45, 2.75) is 32.0 Å². The topological polar surface area (TPSA) is 49.8 Å². The lowest BCUT2D eigenvalue weighted by molar-refractivity contribution is -0.138. The summed E-state index contributed by atoms with van der Waals surface area (Å²) < 4.78 is 4.82. The summed E-state index contributed by atoms with van der Waals surface area (Å²) in [6.45, 7) is 2.01. The Morgan fingerprint density at radius 2 is 2.44 bits per heavy atom. The van der Waals surface area contributed by atoms with Crippen LogP contribution < -0.4 is 0 Å². The molecule has 1 saturated heterocycles. The van der Waals surface area contributed by atoms with E-state index in [2.05, 4.69) is 0 Å². The van der Waals surface area contributed by atoms with E-state index in [1.54, 1.807) is 0 Å². The molecule has 1 N–H and O–H groups in total. The standard InChI is InChI=1S/C6H10O3/c1-2-3-4-5(9-4)6(7)8/h4-5H,2-3H2,1H3,(H,7,8). The summed E-state index contributed by atoms with van der Waals surface area (Å²) in [5.41, 5.74) is 0. The van der Waals surface area contributed by atoms with Crippen molar-refractivity contribution in [1.82, 2.24) is 0 Å². The van der Waals surface area contributed by atoms with Gasteiger partial charge in [0.15, 0.2) is 6.10 Å². The van der Waals surface area contributed by atoms with Gasteiger partial charge in [0.25, 0.3) is 0 Å². The average Bonchev–Trinajstić information content (AvgIpc) is 2.47. The predicted molar refractivity (Wildman–Crippen MR) is 31.2 cm³/mol. The van der Waals surface area contributed by atoms with Gasteiger partial charge in [0.05, 0.1) is 6.10 Å². The number of aliphatic carboxylic acids is 1. The molecule has 1 heterocycles. The zero-order valence-corrected chi connectivity index (χ0v) is 5.33. The third-order valence-electron chi connectivity index (χ3n) is 1.40. The first-order chi connectivity index (χ1) is 4.25. The Bertz CT molecular complexity index is 121. The highest BCUT2D eigenvalue weighted by atomic mass is 16.6. The van der Waals surface area contributed by atoms with Crippen molar-refractivity contribution in [3.63, 3.8) is 0 Å². The van der Waals surface area contributed by atoms with Crippen LogP contribution in [0.25, 0.3) is 0 Å². The smallest absolute Gasteiger partial charge is 0.335 e. The number of hydrogen-bond acceptors (Lipinski definition) is 2. The van der Waals surface area contributed by atoms with Gasteiger partial charge in [-0.1, -0.05) is 13.3 Å². The van der Waals surface area contributed by atoms with Crippen molar-refractivity contribution in [2.75, 3.05) is 0 Å². The molecule has 1 aliphatic heterocycles. The second-order valence-electron chi connectivity index (χ2n) is 2.22. The van der Waals surface area contributed by atoms with Crippen LogP contribution in [0.15, 0.2) is 0 Å². The molecular weight excluding hydrogens is 120 g/mol. The van der Waals surface area contributed by atoms with Crippen LogP contribution in [0.4, 0.5) is 0 Å². The van der Waals surface area contributed by atoms with Gasteiger partial charge in [-0.25, -0.2) is 4.79 Å². The van der Waals surface area contributed by atoms with Crippen LogP contribution in [0.3, 0.4) is 0 Å². The van der Waals surface area contributed by atoms with E-state index >= 15 is 0 Å². The predicted octanol–water partition coefficient (Wildman–Crippen LogP) is 0.639. The third kappa shape index (κ3) is 1.42. The zero-order chi connectivity index (χ0) is 6.85. The van der Waals surface area contributed by atoms with Gasteiger partial charge in [-0.3, -0.25) is 0 Å². The van der Waals surface area contributed by atoms with Crippen molar-refractivity contribution in [3.8, 4) is 0 Å². The van der Waals surface area contributed by atoms with Gasteiger partial charge >= 0.3 is 5.97 Å². The molecule has 3 heteroatoms. The molecule has 1 rings (SSSR count). The van der Waals surface area contributed by atoms with E-state index in [4.69, 9.17) is 9.84 Å². The second-order valence-corrected chi connectivity index (χ2v) is 2.22. The molecule has 0 aromatic heterocycles. The maximum atomic E-state index is 10.1. The summed E-state index contributed by atoms with van der Waals surface area (Å²) >= 11 is 0. The largest absolute Gasteiger partial charge is 0.479 e. The Kier molecular flexibility index (Phi) is 1.71. The summed E-state index contributed by atoms with van der Waals surface area (Å²) in [6, 6.07) is 0. The summed E-state index contributed by atoms with van der Waals surface area (Å²) in [4.78, 5) is 10.1. The highest BCUT2D eigenvalue weighted by Gasteiger charge is 2.43. The van der Waals surface area contributed by atoms with Crippen LogP contribution in [0.2, 0.25) is 0 Å². The third-order valence-corrected chi connectivity index (χ3v) is 1.40. The Morgan fingerprint density at radius 3 is 2.78 bits per heavy atom. The quantitative estimate of drug-likeness (QED) is 0.570. The van der Waals surface area contributed by atoms with Gasteiger partial charge < -0.3 is 9.84 Å². The van der Waals surface area contributed by atoms with Gasteiger partial charge in [-0.05, 0) is 6.42 Å². The molecule has 0 radical (unpaired) electrons. The molecule has 0 aromatic carbocycles. The molecule has 52 valence electrons. The maximum Gasteiger partial charge on any atom is 0.335 e. The van der Waals surface area contributed by atoms with Crippen molar-refractivity contribution in [3.05, 3.63) is 0 Å². The van der Waals surface area contributed by atoms with Crippen molar-refractivity contribution in [1.29, 1.82) is 0 Å². The van der Waals surface area contributed by atoms with Crippen LogP contribution in [-0.4, -0.2) is 23.3 Å². The van der Waals surface area contributed by atoms with E-state index in [0.29, 0.717) is 0 Å². The van der Waals surface area contributed by atoms with Crippen LogP contribution in [0.5, 0.6) is 0 Å². The van der Waals surface area contributed by atoms with E-state index < -0.39 is 12.1 Å². The number of carboxylic acid groups (broad SMARTS) is 1. The minimum atomic E-state index is -0.826. The lowest BCUT2D eigenvalue weighted by atomic mass is 10.2. The second kappa shape index (κ2) is 2.35.